The molecule has 1 aliphatic heterocycles. The van der Waals surface area contributed by atoms with Gasteiger partial charge in [-0.3, -0.25) is 4.99 Å². The number of rotatable bonds is 6. The van der Waals surface area contributed by atoms with E-state index >= 15 is 0 Å². The predicted octanol–water partition coefficient (Wildman–Crippen LogP) is 3.42. The summed E-state index contributed by atoms with van der Waals surface area (Å²) in [4.78, 5) is 7.31. The number of hydrogen-bond acceptors (Lipinski definition) is 2. The van der Waals surface area contributed by atoms with Gasteiger partial charge in [0.2, 0.25) is 0 Å². The van der Waals surface area contributed by atoms with E-state index in [0.29, 0.717) is 6.10 Å². The van der Waals surface area contributed by atoms with Crippen molar-refractivity contribution >= 4 is 5.96 Å². The first-order valence-electron chi connectivity index (χ1n) is 9.48. The molecule has 4 nitrogen and oxygen atoms in total. The highest BCUT2D eigenvalue weighted by molar-refractivity contribution is 5.80. The molecular weight excluding hydrogens is 274 g/mol. The Morgan fingerprint density at radius 3 is 2.45 bits per heavy atom. The highest BCUT2D eigenvalue weighted by atomic mass is 16.5. The van der Waals surface area contributed by atoms with Crippen LogP contribution >= 0.6 is 0 Å². The summed E-state index contributed by atoms with van der Waals surface area (Å²) >= 11 is 0. The van der Waals surface area contributed by atoms with Crippen molar-refractivity contribution in [2.75, 3.05) is 32.8 Å². The van der Waals surface area contributed by atoms with Gasteiger partial charge in [-0.25, -0.2) is 0 Å². The van der Waals surface area contributed by atoms with Crippen LogP contribution in [0.4, 0.5) is 0 Å². The van der Waals surface area contributed by atoms with Crippen molar-refractivity contribution in [2.45, 2.75) is 71.3 Å². The Labute approximate surface area is 136 Å². The molecule has 4 heteroatoms. The Bertz CT molecular complexity index is 318. The van der Waals surface area contributed by atoms with E-state index in [1.807, 2.05) is 0 Å². The zero-order valence-corrected chi connectivity index (χ0v) is 14.6. The molecule has 1 aliphatic carbocycles. The molecule has 0 atom stereocenters. The van der Waals surface area contributed by atoms with Gasteiger partial charge in [-0.05, 0) is 39.0 Å². The maximum Gasteiger partial charge on any atom is 0.193 e. The second-order valence-electron chi connectivity index (χ2n) is 6.67. The lowest BCUT2D eigenvalue weighted by molar-refractivity contribution is 0.0263. The Kier molecular flexibility index (Phi) is 8.06. The number of piperidine rings is 1. The molecule has 0 bridgehead atoms. The molecule has 1 heterocycles. The fraction of sp³-hybridized carbons (Fsp3) is 0.944. The molecule has 0 aromatic heterocycles. The molecule has 0 amide bonds. The summed E-state index contributed by atoms with van der Waals surface area (Å²) in [6, 6.07) is 0. The Morgan fingerprint density at radius 1 is 1.09 bits per heavy atom. The van der Waals surface area contributed by atoms with E-state index in [-0.39, 0.29) is 0 Å². The second-order valence-corrected chi connectivity index (χ2v) is 6.67. The quantitative estimate of drug-likeness (QED) is 0.603. The third kappa shape index (κ3) is 5.79. The van der Waals surface area contributed by atoms with Crippen molar-refractivity contribution in [3.63, 3.8) is 0 Å². The fourth-order valence-corrected chi connectivity index (χ4v) is 3.72. The van der Waals surface area contributed by atoms with Gasteiger partial charge in [-0.15, -0.1) is 0 Å². The Morgan fingerprint density at radius 2 is 1.82 bits per heavy atom. The number of ether oxygens (including phenoxy) is 1. The third-order valence-electron chi connectivity index (χ3n) is 5.00. The predicted molar refractivity (Wildman–Crippen MR) is 93.4 cm³/mol. The molecule has 2 aliphatic rings. The van der Waals surface area contributed by atoms with E-state index in [1.165, 1.54) is 38.5 Å². The first-order chi connectivity index (χ1) is 10.8. The number of nitrogens with one attached hydrogen (secondary N) is 1. The SMILES string of the molecule is CCNC(=NCCC1CCCCC1)N1CCC(OCC)CC1. The summed E-state index contributed by atoms with van der Waals surface area (Å²) in [6.45, 7) is 9.15. The molecule has 0 aromatic rings. The van der Waals surface area contributed by atoms with Crippen LogP contribution in [-0.4, -0.2) is 49.7 Å². The first-order valence-corrected chi connectivity index (χ1v) is 9.48. The largest absolute Gasteiger partial charge is 0.378 e. The lowest BCUT2D eigenvalue weighted by atomic mass is 9.87. The van der Waals surface area contributed by atoms with Gasteiger partial charge in [0, 0.05) is 32.8 Å². The number of nitrogens with zero attached hydrogens (tertiary/aromatic N) is 2. The van der Waals surface area contributed by atoms with Crippen molar-refractivity contribution in [3.8, 4) is 0 Å². The highest BCUT2D eigenvalue weighted by Crippen LogP contribution is 2.26. The first kappa shape index (κ1) is 17.6. The van der Waals surface area contributed by atoms with E-state index in [9.17, 15) is 0 Å². The second kappa shape index (κ2) is 10.1. The number of aliphatic imine (C=N–C) groups is 1. The van der Waals surface area contributed by atoms with Crippen LogP contribution in [0.2, 0.25) is 0 Å². The lowest BCUT2D eigenvalue weighted by Crippen LogP contribution is -2.47. The van der Waals surface area contributed by atoms with Crippen LogP contribution in [0.1, 0.15) is 65.2 Å². The van der Waals surface area contributed by atoms with Crippen molar-refractivity contribution in [3.05, 3.63) is 0 Å². The van der Waals surface area contributed by atoms with Gasteiger partial charge in [0.15, 0.2) is 5.96 Å². The lowest BCUT2D eigenvalue weighted by Gasteiger charge is -2.34. The van der Waals surface area contributed by atoms with E-state index in [4.69, 9.17) is 9.73 Å². The van der Waals surface area contributed by atoms with Crippen LogP contribution in [0.5, 0.6) is 0 Å². The van der Waals surface area contributed by atoms with E-state index in [1.54, 1.807) is 0 Å². The van der Waals surface area contributed by atoms with E-state index < -0.39 is 0 Å². The molecule has 1 saturated heterocycles. The van der Waals surface area contributed by atoms with Gasteiger partial charge in [0.1, 0.15) is 0 Å². The molecule has 0 aromatic carbocycles. The van der Waals surface area contributed by atoms with Crippen LogP contribution in [0.15, 0.2) is 4.99 Å². The molecule has 0 radical (unpaired) electrons. The molecule has 22 heavy (non-hydrogen) atoms. The average molecular weight is 309 g/mol. The summed E-state index contributed by atoms with van der Waals surface area (Å²) in [5.74, 6) is 2.04. The Balaban J connectivity index is 1.77. The molecule has 2 fully saturated rings. The topological polar surface area (TPSA) is 36.9 Å². The van der Waals surface area contributed by atoms with E-state index in [2.05, 4.69) is 24.1 Å². The number of hydrogen-bond donors (Lipinski definition) is 1. The molecule has 2 rings (SSSR count). The van der Waals surface area contributed by atoms with Crippen molar-refractivity contribution in [2.24, 2.45) is 10.9 Å². The zero-order chi connectivity index (χ0) is 15.6. The summed E-state index contributed by atoms with van der Waals surface area (Å²) in [5, 5.41) is 3.47. The van der Waals surface area contributed by atoms with Crippen molar-refractivity contribution in [1.82, 2.24) is 10.2 Å². The smallest absolute Gasteiger partial charge is 0.193 e. The number of guanidine groups is 1. The molecule has 0 unspecified atom stereocenters. The van der Waals surface area contributed by atoms with E-state index in [0.717, 1.165) is 57.5 Å². The zero-order valence-electron chi connectivity index (χ0n) is 14.6. The van der Waals surface area contributed by atoms with Crippen LogP contribution in [0.25, 0.3) is 0 Å². The number of likely N-dealkylation sites (tertiary alicyclic amines) is 1. The van der Waals surface area contributed by atoms with Gasteiger partial charge in [0.05, 0.1) is 6.10 Å². The van der Waals surface area contributed by atoms with Gasteiger partial charge < -0.3 is 15.0 Å². The van der Waals surface area contributed by atoms with Crippen LogP contribution in [0.3, 0.4) is 0 Å². The maximum absolute atomic E-state index is 5.74. The van der Waals surface area contributed by atoms with Crippen LogP contribution < -0.4 is 5.32 Å². The molecule has 0 spiro atoms. The van der Waals surface area contributed by atoms with Gasteiger partial charge in [0.25, 0.3) is 0 Å². The third-order valence-corrected chi connectivity index (χ3v) is 5.00. The van der Waals surface area contributed by atoms with Crippen LogP contribution in [0, 0.1) is 5.92 Å². The van der Waals surface area contributed by atoms with Gasteiger partial charge in [-0.2, -0.15) is 0 Å². The fourth-order valence-electron chi connectivity index (χ4n) is 3.72. The molecule has 128 valence electrons. The highest BCUT2D eigenvalue weighted by Gasteiger charge is 2.21. The molecular formula is C18H35N3O. The minimum absolute atomic E-state index is 0.450. The van der Waals surface area contributed by atoms with Gasteiger partial charge >= 0.3 is 0 Å². The maximum atomic E-state index is 5.74. The minimum Gasteiger partial charge on any atom is -0.378 e. The summed E-state index contributed by atoms with van der Waals surface area (Å²) in [6.07, 6.45) is 11.1. The van der Waals surface area contributed by atoms with Gasteiger partial charge in [-0.1, -0.05) is 32.1 Å². The summed E-state index contributed by atoms with van der Waals surface area (Å²) < 4.78 is 5.74. The molecule has 1 N–H and O–H groups in total. The van der Waals surface area contributed by atoms with Crippen LogP contribution in [-0.2, 0) is 4.74 Å². The minimum atomic E-state index is 0.450. The monoisotopic (exact) mass is 309 g/mol. The molecule has 1 saturated carbocycles. The standard InChI is InChI=1S/C18H35N3O/c1-3-19-18(20-13-10-16-8-6-5-7-9-16)21-14-11-17(12-15-21)22-4-2/h16-17H,3-15H2,1-2H3,(H,19,20). The summed E-state index contributed by atoms with van der Waals surface area (Å²) in [7, 11) is 0. The summed E-state index contributed by atoms with van der Waals surface area (Å²) in [5.41, 5.74) is 0. The van der Waals surface area contributed by atoms with Crippen molar-refractivity contribution < 1.29 is 4.74 Å². The normalized spacial score (nSPS) is 22.1. The van der Waals surface area contributed by atoms with Crippen molar-refractivity contribution in [1.29, 1.82) is 0 Å². The average Bonchev–Trinajstić information content (AvgIpc) is 2.56. The Hall–Kier alpha value is -0.770.